The summed E-state index contributed by atoms with van der Waals surface area (Å²) in [5.74, 6) is -0.942. The topological polar surface area (TPSA) is 94.6 Å². The first-order chi connectivity index (χ1) is 16.2. The van der Waals surface area contributed by atoms with E-state index in [1.165, 1.54) is 4.90 Å². The molecular formula is C26H20N4O3. The van der Waals surface area contributed by atoms with Crippen LogP contribution in [0.2, 0.25) is 0 Å². The first-order valence-electron chi connectivity index (χ1n) is 10.5. The Hall–Kier alpha value is -4.52. The molecule has 0 fully saturated rings. The van der Waals surface area contributed by atoms with Gasteiger partial charge >= 0.3 is 0 Å². The van der Waals surface area contributed by atoms with Crippen LogP contribution in [0.4, 0.5) is 5.69 Å². The smallest absolute Gasteiger partial charge is 0.272 e. The second-order valence-corrected chi connectivity index (χ2v) is 7.62. The summed E-state index contributed by atoms with van der Waals surface area (Å²) in [6.45, 7) is -0.147. The molecule has 1 aliphatic rings. The van der Waals surface area contributed by atoms with E-state index in [0.29, 0.717) is 28.9 Å². The maximum absolute atomic E-state index is 13.4. The number of aromatic amines is 1. The van der Waals surface area contributed by atoms with Gasteiger partial charge < -0.3 is 20.0 Å². The maximum Gasteiger partial charge on any atom is 0.272 e. The number of carbonyl (C=O) groups is 3. The maximum atomic E-state index is 13.4. The zero-order valence-corrected chi connectivity index (χ0v) is 17.6. The number of hydrogen-bond donors (Lipinski definition) is 2. The number of anilines is 1. The minimum Gasteiger partial charge on any atom is -0.351 e. The monoisotopic (exact) mass is 436 g/mol. The third-order valence-electron chi connectivity index (χ3n) is 5.55. The summed E-state index contributed by atoms with van der Waals surface area (Å²) in [5, 5.41) is 3.63. The number of nitrogens with one attached hydrogen (secondary N) is 2. The van der Waals surface area contributed by atoms with Crippen LogP contribution in [0.15, 0.2) is 89.9 Å². The van der Waals surface area contributed by atoms with Gasteiger partial charge in [0.2, 0.25) is 6.17 Å². The molecule has 7 heteroatoms. The van der Waals surface area contributed by atoms with Crippen molar-refractivity contribution in [1.82, 2.24) is 10.3 Å². The van der Waals surface area contributed by atoms with E-state index in [9.17, 15) is 14.4 Å². The Labute approximate surface area is 189 Å². The van der Waals surface area contributed by atoms with Crippen molar-refractivity contribution in [1.29, 1.82) is 0 Å². The number of fused-ring (bicyclic) bond motifs is 2. The first-order valence-corrected chi connectivity index (χ1v) is 10.5. The molecule has 1 atom stereocenters. The summed E-state index contributed by atoms with van der Waals surface area (Å²) in [6, 6.07) is 26.0. The van der Waals surface area contributed by atoms with Gasteiger partial charge in [0.1, 0.15) is 12.0 Å². The molecule has 0 radical (unpaired) electrons. The van der Waals surface area contributed by atoms with E-state index in [1.54, 1.807) is 18.2 Å². The number of nitrogens with zero attached hydrogens (tertiary/aromatic N) is 2. The van der Waals surface area contributed by atoms with Crippen LogP contribution >= 0.6 is 0 Å². The molecule has 5 rings (SSSR count). The normalized spacial score (nSPS) is 15.5. The van der Waals surface area contributed by atoms with Crippen molar-refractivity contribution in [2.24, 2.45) is 4.99 Å². The number of aromatic nitrogens is 1. The molecule has 2 heterocycles. The quantitative estimate of drug-likeness (QED) is 0.470. The highest BCUT2D eigenvalue weighted by Crippen LogP contribution is 2.28. The molecule has 1 aliphatic heterocycles. The van der Waals surface area contributed by atoms with Crippen molar-refractivity contribution in [2.45, 2.75) is 6.17 Å². The fourth-order valence-corrected chi connectivity index (χ4v) is 4.01. The average molecular weight is 436 g/mol. The Bertz CT molecular complexity index is 1360. The van der Waals surface area contributed by atoms with Crippen molar-refractivity contribution in [3.8, 4) is 0 Å². The van der Waals surface area contributed by atoms with Crippen molar-refractivity contribution >= 4 is 40.4 Å². The van der Waals surface area contributed by atoms with Crippen molar-refractivity contribution < 1.29 is 14.4 Å². The van der Waals surface area contributed by atoms with Gasteiger partial charge in [-0.05, 0) is 18.2 Å². The fraction of sp³-hybridized carbons (Fsp3) is 0.0769. The standard InChI is InChI=1S/C26H20N4O3/c31-15-14-30-22-13-7-5-11-19(22)23(17-8-2-1-3-9-17)28-24(26(30)33)29-25(32)21-16-18-10-4-6-12-20(18)27-21/h1-13,15-16,24,27H,14H2,(H,29,32). The highest BCUT2D eigenvalue weighted by atomic mass is 16.2. The average Bonchev–Trinajstić information content (AvgIpc) is 3.26. The van der Waals surface area contributed by atoms with E-state index in [2.05, 4.69) is 15.3 Å². The summed E-state index contributed by atoms with van der Waals surface area (Å²) in [7, 11) is 0. The van der Waals surface area contributed by atoms with Crippen molar-refractivity contribution in [3.05, 3.63) is 102 Å². The summed E-state index contributed by atoms with van der Waals surface area (Å²) < 4.78 is 0. The van der Waals surface area contributed by atoms with Gasteiger partial charge in [0.25, 0.3) is 11.8 Å². The number of benzene rings is 3. The lowest BCUT2D eigenvalue weighted by molar-refractivity contribution is -0.121. The largest absolute Gasteiger partial charge is 0.351 e. The lowest BCUT2D eigenvalue weighted by Gasteiger charge is -2.23. The molecule has 4 aromatic rings. The summed E-state index contributed by atoms with van der Waals surface area (Å²) in [6.07, 6.45) is -0.537. The van der Waals surface area contributed by atoms with Crippen LogP contribution in [0.1, 0.15) is 21.6 Å². The minimum atomic E-state index is -1.20. The van der Waals surface area contributed by atoms with Gasteiger partial charge in [-0.3, -0.25) is 9.59 Å². The molecule has 162 valence electrons. The van der Waals surface area contributed by atoms with Crippen LogP contribution in [-0.2, 0) is 9.59 Å². The predicted octanol–water partition coefficient (Wildman–Crippen LogP) is 3.31. The molecule has 1 unspecified atom stereocenters. The number of aliphatic imine (C=N–C) groups is 1. The Morgan fingerprint density at radius 2 is 1.73 bits per heavy atom. The van der Waals surface area contributed by atoms with Crippen LogP contribution in [0.3, 0.4) is 0 Å². The molecule has 2 amide bonds. The van der Waals surface area contributed by atoms with E-state index in [4.69, 9.17) is 0 Å². The molecule has 7 nitrogen and oxygen atoms in total. The molecule has 0 saturated carbocycles. The molecule has 2 N–H and O–H groups in total. The van der Waals surface area contributed by atoms with Crippen molar-refractivity contribution in [3.63, 3.8) is 0 Å². The third-order valence-corrected chi connectivity index (χ3v) is 5.55. The summed E-state index contributed by atoms with van der Waals surface area (Å²) in [5.41, 5.74) is 3.79. The first kappa shape index (κ1) is 20.4. The molecular weight excluding hydrogens is 416 g/mol. The number of aldehydes is 1. The van der Waals surface area contributed by atoms with E-state index < -0.39 is 18.0 Å². The van der Waals surface area contributed by atoms with Gasteiger partial charge in [0, 0.05) is 22.0 Å². The Kier molecular flexibility index (Phi) is 5.28. The molecule has 3 aromatic carbocycles. The molecule has 1 aromatic heterocycles. The van der Waals surface area contributed by atoms with Gasteiger partial charge in [0.05, 0.1) is 17.9 Å². The third kappa shape index (κ3) is 3.80. The second kappa shape index (κ2) is 8.55. The van der Waals surface area contributed by atoms with E-state index in [-0.39, 0.29) is 6.54 Å². The van der Waals surface area contributed by atoms with Gasteiger partial charge in [-0.2, -0.15) is 0 Å². The highest BCUT2D eigenvalue weighted by molar-refractivity contribution is 6.20. The second-order valence-electron chi connectivity index (χ2n) is 7.62. The minimum absolute atomic E-state index is 0.147. The van der Waals surface area contributed by atoms with E-state index >= 15 is 0 Å². The Morgan fingerprint density at radius 3 is 2.52 bits per heavy atom. The number of H-pyrrole nitrogens is 1. The van der Waals surface area contributed by atoms with Crippen LogP contribution in [0.25, 0.3) is 10.9 Å². The molecule has 0 bridgehead atoms. The van der Waals surface area contributed by atoms with Crippen LogP contribution < -0.4 is 10.2 Å². The molecule has 0 spiro atoms. The number of amides is 2. The SMILES string of the molecule is O=CCN1C(=O)C(NC(=O)c2cc3ccccc3[nH]2)N=C(c2ccccc2)c2ccccc21. The van der Waals surface area contributed by atoms with Gasteiger partial charge in [0.15, 0.2) is 0 Å². The van der Waals surface area contributed by atoms with Gasteiger partial charge in [-0.25, -0.2) is 4.99 Å². The number of hydrogen-bond acceptors (Lipinski definition) is 4. The molecule has 0 aliphatic carbocycles. The predicted molar refractivity (Wildman–Crippen MR) is 126 cm³/mol. The highest BCUT2D eigenvalue weighted by Gasteiger charge is 2.33. The number of para-hydroxylation sites is 2. The molecule has 0 saturated heterocycles. The summed E-state index contributed by atoms with van der Waals surface area (Å²) in [4.78, 5) is 47.0. The van der Waals surface area contributed by atoms with Gasteiger partial charge in [-0.1, -0.05) is 66.7 Å². The number of carbonyl (C=O) groups excluding carboxylic acids is 3. The van der Waals surface area contributed by atoms with E-state index in [0.717, 1.165) is 16.5 Å². The zero-order valence-electron chi connectivity index (χ0n) is 17.6. The van der Waals surface area contributed by atoms with E-state index in [1.807, 2.05) is 66.7 Å². The van der Waals surface area contributed by atoms with Crippen LogP contribution in [0.5, 0.6) is 0 Å². The molecule has 33 heavy (non-hydrogen) atoms. The van der Waals surface area contributed by atoms with Crippen LogP contribution in [-0.4, -0.2) is 41.5 Å². The lowest BCUT2D eigenvalue weighted by atomic mass is 10.0. The summed E-state index contributed by atoms with van der Waals surface area (Å²) >= 11 is 0. The number of benzodiazepines with no additional fused rings is 1. The van der Waals surface area contributed by atoms with Gasteiger partial charge in [-0.15, -0.1) is 0 Å². The van der Waals surface area contributed by atoms with Crippen LogP contribution in [0, 0.1) is 0 Å². The number of rotatable bonds is 5. The lowest BCUT2D eigenvalue weighted by Crippen LogP contribution is -2.48. The fourth-order valence-electron chi connectivity index (χ4n) is 4.01. The Balaban J connectivity index is 1.58. The zero-order chi connectivity index (χ0) is 22.8. The van der Waals surface area contributed by atoms with Crippen molar-refractivity contribution in [2.75, 3.05) is 11.4 Å². The Morgan fingerprint density at radius 1 is 1.00 bits per heavy atom.